The van der Waals surface area contributed by atoms with Gasteiger partial charge in [0.15, 0.2) is 0 Å². The first-order valence-corrected chi connectivity index (χ1v) is 5.17. The molecule has 0 spiro atoms. The summed E-state index contributed by atoms with van der Waals surface area (Å²) in [5, 5.41) is 0. The molecule has 0 aliphatic carbocycles. The normalized spacial score (nSPS) is 23.8. The van der Waals surface area contributed by atoms with Gasteiger partial charge in [0, 0.05) is 14.1 Å². The molecular formula is C12H16N2O. The average molecular weight is 204 g/mol. The smallest absolute Gasteiger partial charge is 0.320 e. The summed E-state index contributed by atoms with van der Waals surface area (Å²) in [5.74, 6) is 0. The van der Waals surface area contributed by atoms with E-state index in [0.717, 1.165) is 0 Å². The van der Waals surface area contributed by atoms with Crippen molar-refractivity contribution in [1.29, 1.82) is 0 Å². The van der Waals surface area contributed by atoms with Gasteiger partial charge in [-0.05, 0) is 12.5 Å². The van der Waals surface area contributed by atoms with Crippen molar-refractivity contribution in [2.24, 2.45) is 0 Å². The van der Waals surface area contributed by atoms with E-state index in [2.05, 4.69) is 19.1 Å². The van der Waals surface area contributed by atoms with Gasteiger partial charge in [0.1, 0.15) is 0 Å². The summed E-state index contributed by atoms with van der Waals surface area (Å²) in [6, 6.07) is 10.8. The minimum Gasteiger partial charge on any atom is -0.331 e. The Labute approximate surface area is 90.3 Å². The second kappa shape index (κ2) is 3.57. The van der Waals surface area contributed by atoms with Gasteiger partial charge < -0.3 is 9.80 Å². The zero-order valence-electron chi connectivity index (χ0n) is 9.34. The number of benzene rings is 1. The van der Waals surface area contributed by atoms with Gasteiger partial charge >= 0.3 is 6.03 Å². The number of urea groups is 1. The number of carbonyl (C=O) groups is 1. The third kappa shape index (κ3) is 1.69. The van der Waals surface area contributed by atoms with Crippen molar-refractivity contribution in [1.82, 2.24) is 9.80 Å². The zero-order chi connectivity index (χ0) is 11.0. The molecular weight excluding hydrogens is 188 g/mol. The average Bonchev–Trinajstić information content (AvgIpc) is 2.90. The Hall–Kier alpha value is -1.51. The minimum absolute atomic E-state index is 0.0938. The summed E-state index contributed by atoms with van der Waals surface area (Å²) in [5.41, 5.74) is 1.22. The Morgan fingerprint density at radius 2 is 1.87 bits per heavy atom. The maximum atomic E-state index is 11.8. The fourth-order valence-electron chi connectivity index (χ4n) is 1.96. The van der Waals surface area contributed by atoms with Crippen molar-refractivity contribution in [2.45, 2.75) is 19.0 Å². The van der Waals surface area contributed by atoms with Crippen molar-refractivity contribution >= 4 is 6.03 Å². The second-order valence-corrected chi connectivity index (χ2v) is 4.18. The lowest BCUT2D eigenvalue weighted by atomic mass is 10.1. The Morgan fingerprint density at radius 1 is 1.27 bits per heavy atom. The maximum absolute atomic E-state index is 11.8. The fourth-order valence-corrected chi connectivity index (χ4v) is 1.96. The van der Waals surface area contributed by atoms with Gasteiger partial charge in [-0.15, -0.1) is 0 Å². The van der Waals surface area contributed by atoms with Crippen LogP contribution in [-0.4, -0.2) is 36.0 Å². The molecule has 0 unspecified atom stereocenters. The molecule has 1 heterocycles. The molecule has 3 heteroatoms. The highest BCUT2D eigenvalue weighted by atomic mass is 16.2. The number of carbonyl (C=O) groups excluding carboxylic acids is 1. The van der Waals surface area contributed by atoms with Gasteiger partial charge in [-0.3, -0.25) is 0 Å². The van der Waals surface area contributed by atoms with E-state index in [-0.39, 0.29) is 12.1 Å². The molecule has 2 rings (SSSR count). The van der Waals surface area contributed by atoms with Gasteiger partial charge in [-0.2, -0.15) is 0 Å². The van der Waals surface area contributed by atoms with Crippen molar-refractivity contribution in [3.8, 4) is 0 Å². The molecule has 0 bridgehead atoms. The van der Waals surface area contributed by atoms with E-state index >= 15 is 0 Å². The van der Waals surface area contributed by atoms with Crippen LogP contribution in [-0.2, 0) is 0 Å². The Kier molecular flexibility index (Phi) is 2.39. The Balaban J connectivity index is 2.13. The van der Waals surface area contributed by atoms with Crippen molar-refractivity contribution in [3.63, 3.8) is 0 Å². The second-order valence-electron chi connectivity index (χ2n) is 4.18. The molecule has 0 aromatic heterocycles. The van der Waals surface area contributed by atoms with E-state index in [9.17, 15) is 4.79 Å². The molecule has 2 atom stereocenters. The SMILES string of the molecule is C[C@H]1[C@@H](c2ccccc2)N1C(=O)N(C)C. The number of nitrogens with zero attached hydrogens (tertiary/aromatic N) is 2. The number of hydrogen-bond donors (Lipinski definition) is 0. The Morgan fingerprint density at radius 3 is 2.40 bits per heavy atom. The number of hydrogen-bond acceptors (Lipinski definition) is 1. The van der Waals surface area contributed by atoms with Gasteiger partial charge in [0.2, 0.25) is 0 Å². The van der Waals surface area contributed by atoms with Crippen LogP contribution in [0.2, 0.25) is 0 Å². The first-order valence-electron chi connectivity index (χ1n) is 5.17. The molecule has 80 valence electrons. The van der Waals surface area contributed by atoms with E-state index < -0.39 is 0 Å². The summed E-state index contributed by atoms with van der Waals surface area (Å²) in [4.78, 5) is 15.3. The fraction of sp³-hybridized carbons (Fsp3) is 0.417. The first kappa shape index (κ1) is 10.0. The van der Waals surface area contributed by atoms with E-state index in [1.165, 1.54) is 5.56 Å². The highest BCUT2D eigenvalue weighted by Crippen LogP contribution is 2.43. The highest BCUT2D eigenvalue weighted by molar-refractivity contribution is 5.78. The molecule has 0 saturated carbocycles. The maximum Gasteiger partial charge on any atom is 0.320 e. The Bertz CT molecular complexity index is 361. The minimum atomic E-state index is 0.0938. The van der Waals surface area contributed by atoms with E-state index in [1.807, 2.05) is 23.1 Å². The van der Waals surface area contributed by atoms with Crippen LogP contribution in [0.15, 0.2) is 30.3 Å². The van der Waals surface area contributed by atoms with Crippen molar-refractivity contribution in [3.05, 3.63) is 35.9 Å². The molecule has 2 amide bonds. The molecule has 1 aromatic rings. The summed E-state index contributed by atoms with van der Waals surface area (Å²) < 4.78 is 0. The van der Waals surface area contributed by atoms with E-state index in [0.29, 0.717) is 6.04 Å². The quantitative estimate of drug-likeness (QED) is 0.643. The van der Waals surface area contributed by atoms with Gasteiger partial charge in [0.05, 0.1) is 12.1 Å². The van der Waals surface area contributed by atoms with Crippen molar-refractivity contribution < 1.29 is 4.79 Å². The van der Waals surface area contributed by atoms with Crippen molar-refractivity contribution in [2.75, 3.05) is 14.1 Å². The summed E-state index contributed by atoms with van der Waals surface area (Å²) >= 11 is 0. The van der Waals surface area contributed by atoms with Crippen LogP contribution in [0.4, 0.5) is 4.79 Å². The predicted octanol–water partition coefficient (Wildman–Crippen LogP) is 2.11. The molecule has 0 radical (unpaired) electrons. The first-order chi connectivity index (χ1) is 7.13. The standard InChI is InChI=1S/C12H16N2O/c1-9-11(10-7-5-4-6-8-10)14(9)12(15)13(2)3/h4-9,11H,1-3H3/t9-,11-,14?/m0/s1. The van der Waals surface area contributed by atoms with Gasteiger partial charge in [-0.25, -0.2) is 4.79 Å². The van der Waals surface area contributed by atoms with Crippen LogP contribution in [0, 0.1) is 0 Å². The van der Waals surface area contributed by atoms with Crippen LogP contribution in [0.5, 0.6) is 0 Å². The predicted molar refractivity (Wildman–Crippen MR) is 59.6 cm³/mol. The van der Waals surface area contributed by atoms with E-state index in [1.54, 1.807) is 19.0 Å². The van der Waals surface area contributed by atoms with Crippen LogP contribution >= 0.6 is 0 Å². The monoisotopic (exact) mass is 204 g/mol. The van der Waals surface area contributed by atoms with Crippen LogP contribution in [0.25, 0.3) is 0 Å². The molecule has 1 aliphatic heterocycles. The summed E-state index contributed by atoms with van der Waals surface area (Å²) in [6.45, 7) is 2.08. The van der Waals surface area contributed by atoms with E-state index in [4.69, 9.17) is 0 Å². The highest BCUT2D eigenvalue weighted by Gasteiger charge is 2.48. The molecule has 1 aromatic carbocycles. The zero-order valence-corrected chi connectivity index (χ0v) is 9.34. The van der Waals surface area contributed by atoms with Gasteiger partial charge in [0.25, 0.3) is 0 Å². The molecule has 0 N–H and O–H groups in total. The molecule has 1 aliphatic rings. The largest absolute Gasteiger partial charge is 0.331 e. The lowest BCUT2D eigenvalue weighted by molar-refractivity contribution is 0.199. The number of rotatable bonds is 1. The van der Waals surface area contributed by atoms with Crippen LogP contribution in [0.1, 0.15) is 18.5 Å². The molecule has 3 nitrogen and oxygen atoms in total. The molecule has 1 saturated heterocycles. The molecule has 15 heavy (non-hydrogen) atoms. The summed E-state index contributed by atoms with van der Waals surface area (Å²) in [6.07, 6.45) is 0. The van der Waals surface area contributed by atoms with Gasteiger partial charge in [-0.1, -0.05) is 30.3 Å². The topological polar surface area (TPSA) is 23.3 Å². The van der Waals surface area contributed by atoms with Crippen LogP contribution < -0.4 is 0 Å². The third-order valence-electron chi connectivity index (χ3n) is 2.85. The lowest BCUT2D eigenvalue weighted by Crippen LogP contribution is -2.28. The third-order valence-corrected chi connectivity index (χ3v) is 2.85. The number of amides is 2. The lowest BCUT2D eigenvalue weighted by Gasteiger charge is -2.12. The summed E-state index contributed by atoms with van der Waals surface area (Å²) in [7, 11) is 3.57. The molecule has 1 fully saturated rings. The van der Waals surface area contributed by atoms with Crippen LogP contribution in [0.3, 0.4) is 0 Å².